The fourth-order valence-corrected chi connectivity index (χ4v) is 1.37. The molecule has 0 aliphatic carbocycles. The van der Waals surface area contributed by atoms with Crippen molar-refractivity contribution < 1.29 is 14.7 Å². The van der Waals surface area contributed by atoms with E-state index >= 15 is 0 Å². The fourth-order valence-electron chi connectivity index (χ4n) is 1.37. The van der Waals surface area contributed by atoms with Gasteiger partial charge in [-0.2, -0.15) is 0 Å². The largest absolute Gasteiger partial charge is 0.392 e. The van der Waals surface area contributed by atoms with Crippen LogP contribution in [-0.4, -0.2) is 36.1 Å². The van der Waals surface area contributed by atoms with Gasteiger partial charge in [0.15, 0.2) is 0 Å². The Hall–Kier alpha value is -1.88. The number of rotatable bonds is 5. The molecule has 1 aromatic carbocycles. The van der Waals surface area contributed by atoms with Crippen LogP contribution in [0.25, 0.3) is 0 Å². The topological polar surface area (TPSA) is 78.4 Å². The van der Waals surface area contributed by atoms with Gasteiger partial charge in [0.05, 0.1) is 12.6 Å². The van der Waals surface area contributed by atoms with Crippen molar-refractivity contribution in [1.82, 2.24) is 10.6 Å². The van der Waals surface area contributed by atoms with Gasteiger partial charge in [-0.3, -0.25) is 9.59 Å². The summed E-state index contributed by atoms with van der Waals surface area (Å²) in [6.07, 6.45) is -0.596. The minimum absolute atomic E-state index is 0.0977. The molecule has 1 aromatic rings. The van der Waals surface area contributed by atoms with Crippen molar-refractivity contribution in [3.8, 4) is 0 Å². The highest BCUT2D eigenvalue weighted by Gasteiger charge is 2.08. The van der Waals surface area contributed by atoms with E-state index in [1.165, 1.54) is 0 Å². The van der Waals surface area contributed by atoms with E-state index in [0.717, 1.165) is 5.56 Å². The van der Waals surface area contributed by atoms with Gasteiger partial charge in [-0.1, -0.05) is 17.7 Å². The Morgan fingerprint density at radius 1 is 1.33 bits per heavy atom. The van der Waals surface area contributed by atoms with Crippen molar-refractivity contribution in [3.05, 3.63) is 35.4 Å². The molecule has 98 valence electrons. The van der Waals surface area contributed by atoms with Gasteiger partial charge >= 0.3 is 0 Å². The molecule has 1 atom stereocenters. The molecule has 0 saturated heterocycles. The molecule has 0 aromatic heterocycles. The first kappa shape index (κ1) is 14.2. The van der Waals surface area contributed by atoms with Crippen LogP contribution in [0.1, 0.15) is 22.8 Å². The molecule has 5 heteroatoms. The zero-order valence-electron chi connectivity index (χ0n) is 10.6. The second kappa shape index (κ2) is 6.76. The molecule has 18 heavy (non-hydrogen) atoms. The van der Waals surface area contributed by atoms with E-state index in [2.05, 4.69) is 10.6 Å². The highest BCUT2D eigenvalue weighted by Crippen LogP contribution is 2.03. The molecule has 0 fully saturated rings. The van der Waals surface area contributed by atoms with Crippen LogP contribution in [0, 0.1) is 6.92 Å². The summed E-state index contributed by atoms with van der Waals surface area (Å²) in [6, 6.07) is 7.13. The van der Waals surface area contributed by atoms with Gasteiger partial charge in [-0.15, -0.1) is 0 Å². The van der Waals surface area contributed by atoms with Crippen molar-refractivity contribution in [2.24, 2.45) is 0 Å². The fraction of sp³-hybridized carbons (Fsp3) is 0.385. The number of aliphatic hydroxyl groups excluding tert-OH is 1. The number of carbonyl (C=O) groups excluding carboxylic acids is 2. The standard InChI is InChI=1S/C13H18N2O3/c1-9-4-3-5-11(6-9)13(18)15-8-12(17)14-7-10(2)16/h3-6,10,16H,7-8H2,1-2H3,(H,14,17)(H,15,18). The van der Waals surface area contributed by atoms with E-state index in [4.69, 9.17) is 5.11 Å². The van der Waals surface area contributed by atoms with Gasteiger partial charge in [0.2, 0.25) is 5.91 Å². The summed E-state index contributed by atoms with van der Waals surface area (Å²) in [6.45, 7) is 3.55. The van der Waals surface area contributed by atoms with Crippen molar-refractivity contribution in [2.75, 3.05) is 13.1 Å². The van der Waals surface area contributed by atoms with E-state index < -0.39 is 6.10 Å². The number of hydrogen-bond donors (Lipinski definition) is 3. The number of aliphatic hydroxyl groups is 1. The lowest BCUT2D eigenvalue weighted by Gasteiger charge is -2.08. The molecule has 1 unspecified atom stereocenters. The van der Waals surface area contributed by atoms with Gasteiger partial charge in [-0.25, -0.2) is 0 Å². The third-order valence-corrected chi connectivity index (χ3v) is 2.28. The van der Waals surface area contributed by atoms with Crippen molar-refractivity contribution in [2.45, 2.75) is 20.0 Å². The molecule has 0 heterocycles. The summed E-state index contributed by atoms with van der Waals surface area (Å²) < 4.78 is 0. The maximum Gasteiger partial charge on any atom is 0.251 e. The molecule has 0 radical (unpaired) electrons. The molecule has 2 amide bonds. The lowest BCUT2D eigenvalue weighted by Crippen LogP contribution is -2.39. The summed E-state index contributed by atoms with van der Waals surface area (Å²) in [5.74, 6) is -0.609. The quantitative estimate of drug-likeness (QED) is 0.699. The van der Waals surface area contributed by atoms with Crippen LogP contribution >= 0.6 is 0 Å². The SMILES string of the molecule is Cc1cccc(C(=O)NCC(=O)NCC(C)O)c1. The van der Waals surface area contributed by atoms with Crippen LogP contribution in [0.15, 0.2) is 24.3 Å². The number of carbonyl (C=O) groups is 2. The molecule has 5 nitrogen and oxygen atoms in total. The molecule has 0 aliphatic heterocycles. The molecule has 0 bridgehead atoms. The van der Waals surface area contributed by atoms with Crippen LogP contribution in [0.4, 0.5) is 0 Å². The maximum atomic E-state index is 11.7. The van der Waals surface area contributed by atoms with Crippen LogP contribution < -0.4 is 10.6 Å². The summed E-state index contributed by atoms with van der Waals surface area (Å²) >= 11 is 0. The smallest absolute Gasteiger partial charge is 0.251 e. The molecular formula is C13H18N2O3. The predicted octanol–water partition coefficient (Wildman–Crippen LogP) is 0.222. The normalized spacial score (nSPS) is 11.7. The number of nitrogens with one attached hydrogen (secondary N) is 2. The summed E-state index contributed by atoms with van der Waals surface area (Å²) in [5, 5.41) is 14.0. The molecular weight excluding hydrogens is 232 g/mol. The van der Waals surface area contributed by atoms with Gasteiger partial charge < -0.3 is 15.7 Å². The number of benzene rings is 1. The summed E-state index contributed by atoms with van der Waals surface area (Å²) in [7, 11) is 0. The average Bonchev–Trinajstić information content (AvgIpc) is 2.33. The van der Waals surface area contributed by atoms with Crippen LogP contribution in [-0.2, 0) is 4.79 Å². The van der Waals surface area contributed by atoms with Crippen molar-refractivity contribution >= 4 is 11.8 Å². The van der Waals surface area contributed by atoms with E-state index in [1.54, 1.807) is 25.1 Å². The number of amides is 2. The first-order valence-electron chi connectivity index (χ1n) is 5.78. The Labute approximate surface area is 106 Å². The molecule has 3 N–H and O–H groups in total. The predicted molar refractivity (Wildman–Crippen MR) is 68.2 cm³/mol. The molecule has 1 rings (SSSR count). The minimum Gasteiger partial charge on any atom is -0.392 e. The number of hydrogen-bond acceptors (Lipinski definition) is 3. The zero-order chi connectivity index (χ0) is 13.5. The van der Waals surface area contributed by atoms with Gasteiger partial charge in [0, 0.05) is 12.1 Å². The monoisotopic (exact) mass is 250 g/mol. The second-order valence-corrected chi connectivity index (χ2v) is 4.21. The van der Waals surface area contributed by atoms with Gasteiger partial charge in [-0.05, 0) is 26.0 Å². The average molecular weight is 250 g/mol. The van der Waals surface area contributed by atoms with Crippen LogP contribution in [0.2, 0.25) is 0 Å². The van der Waals surface area contributed by atoms with Crippen LogP contribution in [0.3, 0.4) is 0 Å². The van der Waals surface area contributed by atoms with Gasteiger partial charge in [0.25, 0.3) is 5.91 Å². The minimum atomic E-state index is -0.596. The third-order valence-electron chi connectivity index (χ3n) is 2.28. The van der Waals surface area contributed by atoms with E-state index in [1.807, 2.05) is 13.0 Å². The first-order valence-corrected chi connectivity index (χ1v) is 5.78. The first-order chi connectivity index (χ1) is 8.49. The van der Waals surface area contributed by atoms with Crippen LogP contribution in [0.5, 0.6) is 0 Å². The van der Waals surface area contributed by atoms with E-state index in [-0.39, 0.29) is 24.9 Å². The zero-order valence-corrected chi connectivity index (χ0v) is 10.6. The third kappa shape index (κ3) is 4.97. The Morgan fingerprint density at radius 3 is 2.67 bits per heavy atom. The lowest BCUT2D eigenvalue weighted by atomic mass is 10.1. The highest BCUT2D eigenvalue weighted by molar-refractivity contribution is 5.96. The summed E-state index contributed by atoms with van der Waals surface area (Å²) in [5.41, 5.74) is 1.51. The molecule has 0 spiro atoms. The molecule has 0 saturated carbocycles. The molecule has 0 aliphatic rings. The Kier molecular flexibility index (Phi) is 5.32. The van der Waals surface area contributed by atoms with E-state index in [9.17, 15) is 9.59 Å². The summed E-state index contributed by atoms with van der Waals surface area (Å²) in [4.78, 5) is 23.0. The van der Waals surface area contributed by atoms with Crippen molar-refractivity contribution in [3.63, 3.8) is 0 Å². The maximum absolute atomic E-state index is 11.7. The lowest BCUT2D eigenvalue weighted by molar-refractivity contribution is -0.120. The van der Waals surface area contributed by atoms with E-state index in [0.29, 0.717) is 5.56 Å². The Bertz CT molecular complexity index is 430. The van der Waals surface area contributed by atoms with Gasteiger partial charge in [0.1, 0.15) is 0 Å². The highest BCUT2D eigenvalue weighted by atomic mass is 16.3. The number of aryl methyl sites for hydroxylation is 1. The Balaban J connectivity index is 2.39. The van der Waals surface area contributed by atoms with Crippen molar-refractivity contribution in [1.29, 1.82) is 0 Å². The second-order valence-electron chi connectivity index (χ2n) is 4.21. The Morgan fingerprint density at radius 2 is 2.06 bits per heavy atom.